The van der Waals surface area contributed by atoms with Crippen molar-refractivity contribution in [3.63, 3.8) is 0 Å². The van der Waals surface area contributed by atoms with Gasteiger partial charge in [-0.1, -0.05) is 12.1 Å². The monoisotopic (exact) mass is 401 g/mol. The van der Waals surface area contributed by atoms with Crippen LogP contribution < -0.4 is 10.3 Å². The molecule has 0 saturated carbocycles. The normalized spacial score (nSPS) is 11.6. The number of methoxy groups -OCH3 is 1. The van der Waals surface area contributed by atoms with Crippen molar-refractivity contribution in [1.29, 1.82) is 0 Å². The van der Waals surface area contributed by atoms with Gasteiger partial charge in [0, 0.05) is 17.8 Å². The van der Waals surface area contributed by atoms with E-state index < -0.39 is 15.4 Å². The first-order chi connectivity index (χ1) is 13.1. The molecule has 0 amide bonds. The van der Waals surface area contributed by atoms with E-state index in [4.69, 9.17) is 4.74 Å². The molecule has 8 nitrogen and oxygen atoms in total. The molecule has 0 atom stereocenters. The van der Waals surface area contributed by atoms with Gasteiger partial charge in [-0.3, -0.25) is 14.2 Å². The van der Waals surface area contributed by atoms with Crippen molar-refractivity contribution < 1.29 is 17.9 Å². The Morgan fingerprint density at radius 1 is 1.21 bits per heavy atom. The fourth-order valence-corrected chi connectivity index (χ4v) is 3.50. The Morgan fingerprint density at radius 2 is 1.86 bits per heavy atom. The van der Waals surface area contributed by atoms with Gasteiger partial charge in [0.25, 0.3) is 5.56 Å². The fraction of sp³-hybridized carbons (Fsp3) is 0.263. The molecule has 2 heterocycles. The van der Waals surface area contributed by atoms with Crippen LogP contribution in [0.4, 0.5) is 0 Å². The molecule has 0 radical (unpaired) electrons. The van der Waals surface area contributed by atoms with Crippen molar-refractivity contribution in [3.8, 4) is 5.75 Å². The Kier molecular flexibility index (Phi) is 5.03. The molecule has 0 unspecified atom stereocenters. The maximum absolute atomic E-state index is 13.0. The topological polar surface area (TPSA) is 108 Å². The number of ketones is 1. The predicted molar refractivity (Wildman–Crippen MR) is 104 cm³/mol. The van der Waals surface area contributed by atoms with Gasteiger partial charge in [0.05, 0.1) is 19.2 Å². The summed E-state index contributed by atoms with van der Waals surface area (Å²) < 4.78 is 30.2. The molecule has 9 heteroatoms. The van der Waals surface area contributed by atoms with E-state index in [0.29, 0.717) is 16.7 Å². The van der Waals surface area contributed by atoms with Crippen molar-refractivity contribution in [2.45, 2.75) is 25.5 Å². The van der Waals surface area contributed by atoms with Crippen molar-refractivity contribution >= 4 is 26.7 Å². The van der Waals surface area contributed by atoms with E-state index in [1.54, 1.807) is 38.3 Å². The number of Topliss-reactive ketones (excluding diaryl/α,β-unsaturated/α-hetero) is 1. The number of sulfone groups is 1. The second-order valence-corrected chi connectivity index (χ2v) is 8.37. The second-order valence-electron chi connectivity index (χ2n) is 6.46. The Labute approximate surface area is 161 Å². The summed E-state index contributed by atoms with van der Waals surface area (Å²) in [5.41, 5.74) is 0.877. The summed E-state index contributed by atoms with van der Waals surface area (Å²) in [7, 11) is -2.11. The van der Waals surface area contributed by atoms with E-state index in [9.17, 15) is 18.0 Å². The first kappa shape index (κ1) is 19.7. The minimum Gasteiger partial charge on any atom is -0.497 e. The van der Waals surface area contributed by atoms with Gasteiger partial charge in [0.2, 0.25) is 15.0 Å². The van der Waals surface area contributed by atoms with Crippen LogP contribution in [0.1, 0.15) is 28.4 Å². The van der Waals surface area contributed by atoms with Crippen molar-refractivity contribution in [1.82, 2.24) is 14.5 Å². The maximum atomic E-state index is 13.0. The molecule has 0 spiro atoms. The zero-order chi connectivity index (χ0) is 20.6. The summed E-state index contributed by atoms with van der Waals surface area (Å²) in [6, 6.07) is 7.06. The van der Waals surface area contributed by atoms with Gasteiger partial charge in [-0.15, -0.1) is 0 Å². The lowest BCUT2D eigenvalue weighted by molar-refractivity contribution is 0.101. The van der Waals surface area contributed by atoms with E-state index in [-0.39, 0.29) is 28.7 Å². The molecule has 0 aliphatic carbocycles. The number of rotatable bonds is 5. The molecule has 28 heavy (non-hydrogen) atoms. The van der Waals surface area contributed by atoms with Gasteiger partial charge in [-0.05, 0) is 37.1 Å². The smallest absolute Gasteiger partial charge is 0.263 e. The van der Waals surface area contributed by atoms with Gasteiger partial charge >= 0.3 is 0 Å². The third-order valence-corrected chi connectivity index (χ3v) is 5.28. The molecule has 0 fully saturated rings. The average molecular weight is 401 g/mol. The molecule has 0 aliphatic heterocycles. The molecular weight excluding hydrogens is 382 g/mol. The van der Waals surface area contributed by atoms with Gasteiger partial charge in [-0.25, -0.2) is 13.4 Å². The predicted octanol–water partition coefficient (Wildman–Crippen LogP) is 1.76. The molecule has 0 bridgehead atoms. The standard InChI is InChI=1S/C19H19N3O5S/c1-11-15-9-20-19(28(4,25)26)21-17(15)22(18(24)16(11)12(2)23)10-13-5-7-14(27-3)8-6-13/h5-9H,10H2,1-4H3. The zero-order valence-electron chi connectivity index (χ0n) is 15.9. The van der Waals surface area contributed by atoms with Crippen LogP contribution in [-0.2, 0) is 16.4 Å². The largest absolute Gasteiger partial charge is 0.497 e. The number of carbonyl (C=O) groups excluding carboxylic acids is 1. The first-order valence-corrected chi connectivity index (χ1v) is 10.3. The zero-order valence-corrected chi connectivity index (χ0v) is 16.7. The van der Waals surface area contributed by atoms with Gasteiger partial charge in [0.15, 0.2) is 5.78 Å². The van der Waals surface area contributed by atoms with Crippen LogP contribution in [0, 0.1) is 6.92 Å². The Balaban J connectivity index is 2.33. The Morgan fingerprint density at radius 3 is 2.39 bits per heavy atom. The summed E-state index contributed by atoms with van der Waals surface area (Å²) >= 11 is 0. The number of aromatic nitrogens is 3. The van der Waals surface area contributed by atoms with Gasteiger partial charge in [-0.2, -0.15) is 4.98 Å². The van der Waals surface area contributed by atoms with Crippen LogP contribution in [0.5, 0.6) is 5.75 Å². The molecular formula is C19H19N3O5S. The number of fused-ring (bicyclic) bond motifs is 1. The van der Waals surface area contributed by atoms with Gasteiger partial charge < -0.3 is 4.74 Å². The van der Waals surface area contributed by atoms with E-state index in [0.717, 1.165) is 11.8 Å². The third kappa shape index (κ3) is 3.53. The van der Waals surface area contributed by atoms with Crippen LogP contribution in [0.3, 0.4) is 0 Å². The molecule has 1 aromatic carbocycles. The number of pyridine rings is 1. The quantitative estimate of drug-likeness (QED) is 0.473. The highest BCUT2D eigenvalue weighted by atomic mass is 32.2. The highest BCUT2D eigenvalue weighted by Gasteiger charge is 2.21. The molecule has 3 rings (SSSR count). The van der Waals surface area contributed by atoms with Crippen molar-refractivity contribution in [2.24, 2.45) is 0 Å². The number of benzene rings is 1. The Hall–Kier alpha value is -3.07. The number of nitrogens with zero attached hydrogens (tertiary/aromatic N) is 3. The summed E-state index contributed by atoms with van der Waals surface area (Å²) in [6.45, 7) is 3.06. The minimum absolute atomic E-state index is 0.0386. The second kappa shape index (κ2) is 7.16. The number of hydrogen-bond acceptors (Lipinski definition) is 7. The van der Waals surface area contributed by atoms with E-state index in [2.05, 4.69) is 9.97 Å². The molecule has 0 aliphatic rings. The van der Waals surface area contributed by atoms with E-state index >= 15 is 0 Å². The molecule has 0 saturated heterocycles. The van der Waals surface area contributed by atoms with Gasteiger partial charge in [0.1, 0.15) is 11.4 Å². The number of ether oxygens (including phenoxy) is 1. The molecule has 0 N–H and O–H groups in total. The van der Waals surface area contributed by atoms with Crippen LogP contribution in [0.2, 0.25) is 0 Å². The lowest BCUT2D eigenvalue weighted by Crippen LogP contribution is -2.29. The van der Waals surface area contributed by atoms with Crippen LogP contribution in [-0.4, -0.2) is 42.1 Å². The minimum atomic E-state index is -3.67. The first-order valence-electron chi connectivity index (χ1n) is 8.37. The Bertz CT molecular complexity index is 1250. The number of aryl methyl sites for hydroxylation is 1. The third-order valence-electron chi connectivity index (χ3n) is 4.42. The van der Waals surface area contributed by atoms with Crippen LogP contribution in [0.15, 0.2) is 40.4 Å². The highest BCUT2D eigenvalue weighted by molar-refractivity contribution is 7.90. The average Bonchev–Trinajstić information content (AvgIpc) is 2.64. The lowest BCUT2D eigenvalue weighted by atomic mass is 10.0. The van der Waals surface area contributed by atoms with E-state index in [1.165, 1.54) is 17.7 Å². The highest BCUT2D eigenvalue weighted by Crippen LogP contribution is 2.20. The molecule has 2 aromatic heterocycles. The summed E-state index contributed by atoms with van der Waals surface area (Å²) in [5, 5.41) is 0.0727. The van der Waals surface area contributed by atoms with Crippen LogP contribution in [0.25, 0.3) is 11.0 Å². The number of hydrogen-bond donors (Lipinski definition) is 0. The van der Waals surface area contributed by atoms with Crippen molar-refractivity contribution in [2.75, 3.05) is 13.4 Å². The SMILES string of the molecule is COc1ccc(Cn2c(=O)c(C(C)=O)c(C)c3cnc(S(C)(=O)=O)nc32)cc1. The number of carbonyl (C=O) groups is 1. The van der Waals surface area contributed by atoms with Crippen molar-refractivity contribution in [3.05, 3.63) is 57.5 Å². The summed E-state index contributed by atoms with van der Waals surface area (Å²) in [4.78, 5) is 33.1. The van der Waals surface area contributed by atoms with E-state index in [1.807, 2.05) is 0 Å². The fourth-order valence-electron chi connectivity index (χ4n) is 3.01. The molecule has 146 valence electrons. The maximum Gasteiger partial charge on any atom is 0.263 e. The molecule has 3 aromatic rings. The summed E-state index contributed by atoms with van der Waals surface area (Å²) in [5.74, 6) is 0.288. The lowest BCUT2D eigenvalue weighted by Gasteiger charge is -2.15. The summed E-state index contributed by atoms with van der Waals surface area (Å²) in [6.07, 6.45) is 2.33. The van der Waals surface area contributed by atoms with Crippen LogP contribution >= 0.6 is 0 Å².